The van der Waals surface area contributed by atoms with Crippen LogP contribution in [0.4, 0.5) is 0 Å². The van der Waals surface area contributed by atoms with Crippen molar-refractivity contribution in [3.05, 3.63) is 0 Å². The van der Waals surface area contributed by atoms with Gasteiger partial charge in [-0.15, -0.1) is 0 Å². The molecule has 14 heavy (non-hydrogen) atoms. The topological polar surface area (TPSA) is 55.1 Å². The zero-order chi connectivity index (χ0) is 10.4. The minimum Gasteiger partial charge on any atom is -0.353 e. The molecule has 1 aliphatic rings. The van der Waals surface area contributed by atoms with E-state index in [1.54, 1.807) is 0 Å². The number of rotatable bonds is 6. The Bertz CT molecular complexity index is 178. The fraction of sp³-hybridized carbons (Fsp3) is 0.909. The maximum atomic E-state index is 11.4. The van der Waals surface area contributed by atoms with Crippen LogP contribution in [0.1, 0.15) is 45.4 Å². The molecule has 0 heterocycles. The highest BCUT2D eigenvalue weighted by molar-refractivity contribution is 5.76. The molecule has 0 aromatic heterocycles. The van der Waals surface area contributed by atoms with E-state index in [1.165, 1.54) is 19.3 Å². The number of amides is 1. The van der Waals surface area contributed by atoms with Crippen molar-refractivity contribution in [2.75, 3.05) is 6.54 Å². The van der Waals surface area contributed by atoms with E-state index in [0.29, 0.717) is 18.4 Å². The lowest BCUT2D eigenvalue weighted by atomic mass is 9.93. The Morgan fingerprint density at radius 2 is 2.21 bits per heavy atom. The van der Waals surface area contributed by atoms with E-state index in [0.717, 1.165) is 19.4 Å². The average Bonchev–Trinajstić information content (AvgIpc) is 2.09. The second-order valence-electron chi connectivity index (χ2n) is 4.42. The van der Waals surface area contributed by atoms with Gasteiger partial charge >= 0.3 is 0 Å². The van der Waals surface area contributed by atoms with Crippen LogP contribution in [-0.2, 0) is 4.79 Å². The highest BCUT2D eigenvalue weighted by Crippen LogP contribution is 2.18. The van der Waals surface area contributed by atoms with Crippen molar-refractivity contribution in [2.45, 2.75) is 51.5 Å². The van der Waals surface area contributed by atoms with Gasteiger partial charge in [0.2, 0.25) is 5.91 Å². The lowest BCUT2D eigenvalue weighted by Crippen LogP contribution is -2.39. The van der Waals surface area contributed by atoms with Crippen molar-refractivity contribution in [2.24, 2.45) is 11.7 Å². The molecule has 0 saturated heterocycles. The Hall–Kier alpha value is -0.570. The molecule has 0 aromatic rings. The second-order valence-corrected chi connectivity index (χ2v) is 4.42. The SMILES string of the molecule is CC(CCN)CCC(=O)NC1CCC1. The van der Waals surface area contributed by atoms with Gasteiger partial charge in [-0.25, -0.2) is 0 Å². The number of hydrogen-bond donors (Lipinski definition) is 2. The predicted octanol–water partition coefficient (Wildman–Crippen LogP) is 1.42. The van der Waals surface area contributed by atoms with Crippen molar-refractivity contribution >= 4 is 5.91 Å². The lowest BCUT2D eigenvalue weighted by molar-refractivity contribution is -0.122. The third kappa shape index (κ3) is 4.09. The minimum absolute atomic E-state index is 0.221. The van der Waals surface area contributed by atoms with Gasteiger partial charge in [0, 0.05) is 12.5 Å². The van der Waals surface area contributed by atoms with Gasteiger partial charge in [-0.1, -0.05) is 6.92 Å². The Balaban J connectivity index is 2.01. The Morgan fingerprint density at radius 1 is 1.50 bits per heavy atom. The molecule has 0 bridgehead atoms. The molecule has 1 rings (SSSR count). The first-order chi connectivity index (χ1) is 6.72. The first-order valence-electron chi connectivity index (χ1n) is 5.71. The van der Waals surface area contributed by atoms with E-state index in [4.69, 9.17) is 5.73 Å². The molecule has 1 aliphatic carbocycles. The summed E-state index contributed by atoms with van der Waals surface area (Å²) < 4.78 is 0. The van der Waals surface area contributed by atoms with Crippen molar-refractivity contribution in [1.29, 1.82) is 0 Å². The number of nitrogens with two attached hydrogens (primary N) is 1. The van der Waals surface area contributed by atoms with Crippen LogP contribution < -0.4 is 11.1 Å². The molecule has 82 valence electrons. The average molecular weight is 198 g/mol. The maximum absolute atomic E-state index is 11.4. The fourth-order valence-electron chi connectivity index (χ4n) is 1.66. The van der Waals surface area contributed by atoms with Crippen LogP contribution >= 0.6 is 0 Å². The predicted molar refractivity (Wildman–Crippen MR) is 57.9 cm³/mol. The van der Waals surface area contributed by atoms with Gasteiger partial charge in [-0.3, -0.25) is 4.79 Å². The summed E-state index contributed by atoms with van der Waals surface area (Å²) in [6, 6.07) is 0.479. The molecule has 0 radical (unpaired) electrons. The zero-order valence-corrected chi connectivity index (χ0v) is 9.09. The quantitative estimate of drug-likeness (QED) is 0.678. The summed E-state index contributed by atoms with van der Waals surface area (Å²) in [5, 5.41) is 3.04. The molecule has 1 amide bonds. The van der Waals surface area contributed by atoms with E-state index in [2.05, 4.69) is 12.2 Å². The van der Waals surface area contributed by atoms with Crippen LogP contribution in [-0.4, -0.2) is 18.5 Å². The monoisotopic (exact) mass is 198 g/mol. The van der Waals surface area contributed by atoms with Crippen LogP contribution in [0.2, 0.25) is 0 Å². The second kappa shape index (κ2) is 6.02. The third-order valence-corrected chi connectivity index (χ3v) is 2.99. The van der Waals surface area contributed by atoms with Gasteiger partial charge in [-0.05, 0) is 44.6 Å². The van der Waals surface area contributed by atoms with Gasteiger partial charge in [0.05, 0.1) is 0 Å². The van der Waals surface area contributed by atoms with E-state index in [1.807, 2.05) is 0 Å². The van der Waals surface area contributed by atoms with Crippen molar-refractivity contribution in [3.63, 3.8) is 0 Å². The first-order valence-corrected chi connectivity index (χ1v) is 5.71. The van der Waals surface area contributed by atoms with Gasteiger partial charge in [0.15, 0.2) is 0 Å². The van der Waals surface area contributed by atoms with Gasteiger partial charge in [0.25, 0.3) is 0 Å². The minimum atomic E-state index is 0.221. The Morgan fingerprint density at radius 3 is 2.71 bits per heavy atom. The third-order valence-electron chi connectivity index (χ3n) is 2.99. The summed E-state index contributed by atoms with van der Waals surface area (Å²) >= 11 is 0. The molecule has 1 atom stereocenters. The van der Waals surface area contributed by atoms with Gasteiger partial charge in [0.1, 0.15) is 0 Å². The molecule has 3 N–H and O–H groups in total. The molecule has 0 spiro atoms. The molecule has 1 unspecified atom stereocenters. The van der Waals surface area contributed by atoms with Crippen LogP contribution in [0.3, 0.4) is 0 Å². The Labute approximate surface area is 86.4 Å². The smallest absolute Gasteiger partial charge is 0.220 e. The number of carbonyl (C=O) groups is 1. The van der Waals surface area contributed by atoms with Crippen molar-refractivity contribution in [1.82, 2.24) is 5.32 Å². The molecular formula is C11H22N2O. The van der Waals surface area contributed by atoms with Gasteiger partial charge < -0.3 is 11.1 Å². The highest BCUT2D eigenvalue weighted by atomic mass is 16.1. The summed E-state index contributed by atoms with van der Waals surface area (Å²) in [6.07, 6.45) is 6.27. The van der Waals surface area contributed by atoms with Gasteiger partial charge in [-0.2, -0.15) is 0 Å². The summed E-state index contributed by atoms with van der Waals surface area (Å²) in [5.74, 6) is 0.797. The van der Waals surface area contributed by atoms with Crippen molar-refractivity contribution < 1.29 is 4.79 Å². The molecule has 3 heteroatoms. The molecule has 1 fully saturated rings. The standard InChI is InChI=1S/C11H22N2O/c1-9(7-8-12)5-6-11(14)13-10-3-2-4-10/h9-10H,2-8,12H2,1H3,(H,13,14). The van der Waals surface area contributed by atoms with E-state index in [9.17, 15) is 4.79 Å². The fourth-order valence-corrected chi connectivity index (χ4v) is 1.66. The highest BCUT2D eigenvalue weighted by Gasteiger charge is 2.19. The van der Waals surface area contributed by atoms with Crippen molar-refractivity contribution in [3.8, 4) is 0 Å². The van der Waals surface area contributed by atoms with Crippen LogP contribution in [0.5, 0.6) is 0 Å². The maximum Gasteiger partial charge on any atom is 0.220 e. The summed E-state index contributed by atoms with van der Waals surface area (Å²) in [7, 11) is 0. The summed E-state index contributed by atoms with van der Waals surface area (Å²) in [5.41, 5.74) is 5.45. The van der Waals surface area contributed by atoms with E-state index >= 15 is 0 Å². The van der Waals surface area contributed by atoms with E-state index < -0.39 is 0 Å². The number of hydrogen-bond acceptors (Lipinski definition) is 2. The largest absolute Gasteiger partial charge is 0.353 e. The molecule has 3 nitrogen and oxygen atoms in total. The number of carbonyl (C=O) groups excluding carboxylic acids is 1. The molecule has 0 aliphatic heterocycles. The first kappa shape index (κ1) is 11.5. The summed E-state index contributed by atoms with van der Waals surface area (Å²) in [4.78, 5) is 11.4. The number of nitrogens with one attached hydrogen (secondary N) is 1. The van der Waals surface area contributed by atoms with Crippen LogP contribution in [0, 0.1) is 5.92 Å². The van der Waals surface area contributed by atoms with Crippen LogP contribution in [0.25, 0.3) is 0 Å². The van der Waals surface area contributed by atoms with E-state index in [-0.39, 0.29) is 5.91 Å². The molecule has 0 aromatic carbocycles. The zero-order valence-electron chi connectivity index (χ0n) is 9.09. The molecular weight excluding hydrogens is 176 g/mol. The van der Waals surface area contributed by atoms with Crippen LogP contribution in [0.15, 0.2) is 0 Å². The summed E-state index contributed by atoms with van der Waals surface area (Å²) in [6.45, 7) is 2.88. The normalized spacial score (nSPS) is 18.7. The Kier molecular flexibility index (Phi) is 4.94. The lowest BCUT2D eigenvalue weighted by Gasteiger charge is -2.26. The molecule has 1 saturated carbocycles.